The number of hydrogen-bond donors (Lipinski definition) is 1. The summed E-state index contributed by atoms with van der Waals surface area (Å²) in [5.41, 5.74) is 5.34. The van der Waals surface area contributed by atoms with Crippen LogP contribution in [0.4, 0.5) is 11.5 Å². The van der Waals surface area contributed by atoms with Crippen molar-refractivity contribution in [1.82, 2.24) is 10.2 Å². The summed E-state index contributed by atoms with van der Waals surface area (Å²) in [5, 5.41) is 12.0. The van der Waals surface area contributed by atoms with Crippen LogP contribution < -0.4 is 10.2 Å². The summed E-state index contributed by atoms with van der Waals surface area (Å²) in [4.78, 5) is 15.1. The van der Waals surface area contributed by atoms with E-state index in [9.17, 15) is 4.79 Å². The van der Waals surface area contributed by atoms with E-state index in [4.69, 9.17) is 0 Å². The molecule has 0 unspecified atom stereocenters. The lowest BCUT2D eigenvalue weighted by Gasteiger charge is -2.32. The first-order valence-electron chi connectivity index (χ1n) is 11.7. The fourth-order valence-electron chi connectivity index (χ4n) is 4.15. The Kier molecular flexibility index (Phi) is 7.15. The van der Waals surface area contributed by atoms with Crippen molar-refractivity contribution in [1.29, 1.82) is 0 Å². The van der Waals surface area contributed by atoms with Gasteiger partial charge >= 0.3 is 0 Å². The van der Waals surface area contributed by atoms with Crippen LogP contribution >= 0.6 is 0 Å². The summed E-state index contributed by atoms with van der Waals surface area (Å²) in [6.07, 6.45) is 5.33. The molecule has 32 heavy (non-hydrogen) atoms. The molecule has 1 fully saturated rings. The number of nitrogens with zero attached hydrogens (tertiary/aromatic N) is 3. The van der Waals surface area contributed by atoms with Gasteiger partial charge in [0.1, 0.15) is 0 Å². The molecule has 1 saturated heterocycles. The van der Waals surface area contributed by atoms with E-state index in [-0.39, 0.29) is 11.8 Å². The number of benzene rings is 2. The highest BCUT2D eigenvalue weighted by Crippen LogP contribution is 2.24. The highest BCUT2D eigenvalue weighted by atomic mass is 16.1. The maximum Gasteiger partial charge on any atom is 0.229 e. The van der Waals surface area contributed by atoms with E-state index in [1.54, 1.807) is 0 Å². The first-order chi connectivity index (χ1) is 15.6. The molecule has 5 nitrogen and oxygen atoms in total. The van der Waals surface area contributed by atoms with Gasteiger partial charge in [0.15, 0.2) is 5.82 Å². The zero-order valence-electron chi connectivity index (χ0n) is 19.1. The quantitative estimate of drug-likeness (QED) is 0.528. The van der Waals surface area contributed by atoms with Crippen molar-refractivity contribution in [3.05, 3.63) is 71.8 Å². The smallest absolute Gasteiger partial charge is 0.229 e. The Morgan fingerprint density at radius 1 is 1.03 bits per heavy atom. The Hall–Kier alpha value is -3.21. The Morgan fingerprint density at radius 3 is 2.50 bits per heavy atom. The molecule has 3 aromatic rings. The Bertz CT molecular complexity index is 1010. The average Bonchev–Trinajstić information content (AvgIpc) is 2.84. The highest BCUT2D eigenvalue weighted by molar-refractivity contribution is 5.93. The molecule has 5 heteroatoms. The predicted octanol–water partition coefficient (Wildman–Crippen LogP) is 5.65. The zero-order chi connectivity index (χ0) is 22.3. The third-order valence-electron chi connectivity index (χ3n) is 6.15. The second-order valence-electron chi connectivity index (χ2n) is 8.72. The van der Waals surface area contributed by atoms with Crippen LogP contribution in [-0.4, -0.2) is 29.2 Å². The molecule has 0 radical (unpaired) electrons. The van der Waals surface area contributed by atoms with Gasteiger partial charge in [0.2, 0.25) is 5.91 Å². The predicted molar refractivity (Wildman–Crippen MR) is 131 cm³/mol. The van der Waals surface area contributed by atoms with Crippen LogP contribution in [-0.2, 0) is 11.2 Å². The van der Waals surface area contributed by atoms with E-state index in [2.05, 4.69) is 70.7 Å². The van der Waals surface area contributed by atoms with Gasteiger partial charge in [-0.25, -0.2) is 0 Å². The minimum atomic E-state index is -0.0536. The molecule has 0 saturated carbocycles. The lowest BCUT2D eigenvalue weighted by Crippen LogP contribution is -2.41. The molecule has 1 N–H and O–H groups in total. The fraction of sp³-hybridized carbons (Fsp3) is 0.370. The fourth-order valence-corrected chi connectivity index (χ4v) is 4.15. The largest absolute Gasteiger partial charge is 0.354 e. The first kappa shape index (κ1) is 22.0. The van der Waals surface area contributed by atoms with Gasteiger partial charge in [0.05, 0.1) is 11.6 Å². The summed E-state index contributed by atoms with van der Waals surface area (Å²) >= 11 is 0. The Labute approximate surface area is 190 Å². The van der Waals surface area contributed by atoms with E-state index in [1.807, 2.05) is 24.3 Å². The van der Waals surface area contributed by atoms with Gasteiger partial charge in [-0.1, -0.05) is 55.3 Å². The van der Waals surface area contributed by atoms with Crippen LogP contribution in [0.25, 0.3) is 11.3 Å². The van der Waals surface area contributed by atoms with Gasteiger partial charge in [-0.15, -0.1) is 10.2 Å². The number of carbonyl (C=O) groups is 1. The van der Waals surface area contributed by atoms with Gasteiger partial charge in [0, 0.05) is 24.3 Å². The summed E-state index contributed by atoms with van der Waals surface area (Å²) in [6, 6.07) is 20.6. The van der Waals surface area contributed by atoms with Gasteiger partial charge in [-0.3, -0.25) is 4.79 Å². The molecule has 0 aliphatic carbocycles. The van der Waals surface area contributed by atoms with Crippen molar-refractivity contribution >= 4 is 17.4 Å². The van der Waals surface area contributed by atoms with Crippen molar-refractivity contribution in [2.75, 3.05) is 23.3 Å². The molecular formula is C27H32N4O. The lowest BCUT2D eigenvalue weighted by atomic mass is 9.97. The van der Waals surface area contributed by atoms with Crippen LogP contribution in [0.3, 0.4) is 0 Å². The molecule has 0 bridgehead atoms. The number of nitrogens with one attached hydrogen (secondary N) is 1. The average molecular weight is 429 g/mol. The number of unbranched alkanes of at least 4 members (excludes halogenated alkanes) is 1. The minimum absolute atomic E-state index is 0.0536. The van der Waals surface area contributed by atoms with E-state index >= 15 is 0 Å². The van der Waals surface area contributed by atoms with Gasteiger partial charge in [-0.05, 0) is 62.4 Å². The summed E-state index contributed by atoms with van der Waals surface area (Å²) in [7, 11) is 0. The normalized spacial score (nSPS) is 16.1. The number of amides is 1. The molecule has 2 aromatic carbocycles. The van der Waals surface area contributed by atoms with Gasteiger partial charge < -0.3 is 10.2 Å². The second-order valence-corrected chi connectivity index (χ2v) is 8.72. The van der Waals surface area contributed by atoms with Crippen LogP contribution in [0.5, 0.6) is 0 Å². The molecule has 1 atom stereocenters. The maximum absolute atomic E-state index is 12.9. The van der Waals surface area contributed by atoms with Crippen molar-refractivity contribution in [3.63, 3.8) is 0 Å². The summed E-state index contributed by atoms with van der Waals surface area (Å²) in [5.74, 6) is 0.862. The third-order valence-corrected chi connectivity index (χ3v) is 6.15. The van der Waals surface area contributed by atoms with E-state index in [0.29, 0.717) is 6.54 Å². The summed E-state index contributed by atoms with van der Waals surface area (Å²) < 4.78 is 0. The number of anilines is 2. The molecular weight excluding hydrogens is 396 g/mol. The molecule has 4 rings (SSSR count). The molecule has 1 aliphatic rings. The maximum atomic E-state index is 12.9. The van der Waals surface area contributed by atoms with Crippen LogP contribution in [0.1, 0.15) is 43.7 Å². The molecule has 1 aliphatic heterocycles. The van der Waals surface area contributed by atoms with Crippen molar-refractivity contribution < 1.29 is 4.79 Å². The van der Waals surface area contributed by atoms with Crippen molar-refractivity contribution in [2.24, 2.45) is 5.92 Å². The third kappa shape index (κ3) is 5.52. The van der Waals surface area contributed by atoms with E-state index in [0.717, 1.165) is 48.6 Å². The lowest BCUT2D eigenvalue weighted by molar-refractivity contribution is -0.120. The molecule has 1 amide bonds. The van der Waals surface area contributed by atoms with Gasteiger partial charge in [0.25, 0.3) is 0 Å². The topological polar surface area (TPSA) is 58.1 Å². The van der Waals surface area contributed by atoms with Crippen molar-refractivity contribution in [3.8, 4) is 11.3 Å². The van der Waals surface area contributed by atoms with Crippen molar-refractivity contribution in [2.45, 2.75) is 46.0 Å². The standard InChI is InChI=1S/C27H32N4O/c1-3-4-6-21-10-14-24(15-11-21)28-27(32)23-7-5-18-31(19-23)26-17-16-25(29-30-26)22-12-8-20(2)9-13-22/h8-17,23H,3-7,18-19H2,1-2H3,(H,28,32)/t23-/m0/s1. The zero-order valence-corrected chi connectivity index (χ0v) is 19.1. The van der Waals surface area contributed by atoms with E-state index in [1.165, 1.54) is 24.0 Å². The monoisotopic (exact) mass is 428 g/mol. The van der Waals surface area contributed by atoms with Crippen LogP contribution in [0.2, 0.25) is 0 Å². The number of hydrogen-bond acceptors (Lipinski definition) is 4. The van der Waals surface area contributed by atoms with E-state index < -0.39 is 0 Å². The van der Waals surface area contributed by atoms with Gasteiger partial charge in [-0.2, -0.15) is 0 Å². The second kappa shape index (κ2) is 10.4. The Morgan fingerprint density at radius 2 is 1.81 bits per heavy atom. The molecule has 2 heterocycles. The molecule has 0 spiro atoms. The molecule has 1 aromatic heterocycles. The SMILES string of the molecule is CCCCc1ccc(NC(=O)[C@H]2CCCN(c3ccc(-c4ccc(C)cc4)nn3)C2)cc1. The number of aryl methyl sites for hydroxylation is 2. The van der Waals surface area contributed by atoms with Crippen LogP contribution in [0, 0.1) is 12.8 Å². The molecule has 166 valence electrons. The first-order valence-corrected chi connectivity index (χ1v) is 11.7. The van der Waals surface area contributed by atoms with Crippen LogP contribution in [0.15, 0.2) is 60.7 Å². The highest BCUT2D eigenvalue weighted by Gasteiger charge is 2.27. The Balaban J connectivity index is 1.36. The number of rotatable bonds is 7. The number of carbonyl (C=O) groups excluding carboxylic acids is 1. The summed E-state index contributed by atoms with van der Waals surface area (Å²) in [6.45, 7) is 5.84. The number of aromatic nitrogens is 2. The minimum Gasteiger partial charge on any atom is -0.354 e. The number of piperidine rings is 1.